The third-order valence-corrected chi connectivity index (χ3v) is 8.79. The SMILES string of the molecule is CC(C)[C@]1(C(=O)N2CCN(c3nccc(C(F)(F)F)n3)CC2)CC[C@@H](NC(Cc2ccccc2)c2ccccc2)C1. The number of amides is 1. The lowest BCUT2D eigenvalue weighted by Gasteiger charge is -2.41. The number of halogens is 3. The van der Waals surface area contributed by atoms with Crippen molar-refractivity contribution in [2.75, 3.05) is 31.1 Å². The smallest absolute Gasteiger partial charge is 0.339 e. The zero-order valence-corrected chi connectivity index (χ0v) is 23.6. The fourth-order valence-electron chi connectivity index (χ4n) is 6.36. The third-order valence-electron chi connectivity index (χ3n) is 8.79. The van der Waals surface area contributed by atoms with Gasteiger partial charge in [-0.1, -0.05) is 74.5 Å². The quantitative estimate of drug-likeness (QED) is 0.368. The van der Waals surface area contributed by atoms with E-state index in [4.69, 9.17) is 0 Å². The minimum absolute atomic E-state index is 0.0565. The van der Waals surface area contributed by atoms with Crippen LogP contribution < -0.4 is 10.2 Å². The molecule has 1 N–H and O–H groups in total. The van der Waals surface area contributed by atoms with Crippen molar-refractivity contribution in [2.24, 2.45) is 11.3 Å². The zero-order chi connectivity index (χ0) is 29.0. The molecule has 2 fully saturated rings. The monoisotopic (exact) mass is 565 g/mol. The number of benzene rings is 2. The second-order valence-corrected chi connectivity index (χ2v) is 11.6. The fraction of sp³-hybridized carbons (Fsp3) is 0.469. The number of alkyl halides is 3. The average Bonchev–Trinajstić information content (AvgIpc) is 3.42. The highest BCUT2D eigenvalue weighted by Crippen LogP contribution is 2.46. The van der Waals surface area contributed by atoms with Gasteiger partial charge in [0.05, 0.1) is 5.41 Å². The van der Waals surface area contributed by atoms with E-state index >= 15 is 0 Å². The van der Waals surface area contributed by atoms with E-state index in [0.717, 1.165) is 37.9 Å². The third kappa shape index (κ3) is 6.56. The number of anilines is 1. The second-order valence-electron chi connectivity index (χ2n) is 11.6. The van der Waals surface area contributed by atoms with E-state index in [0.29, 0.717) is 26.2 Å². The molecule has 1 aromatic heterocycles. The van der Waals surface area contributed by atoms with Crippen molar-refractivity contribution in [1.29, 1.82) is 0 Å². The summed E-state index contributed by atoms with van der Waals surface area (Å²) in [7, 11) is 0. The van der Waals surface area contributed by atoms with Crippen molar-refractivity contribution in [2.45, 2.75) is 57.8 Å². The van der Waals surface area contributed by atoms with Crippen LogP contribution in [-0.2, 0) is 17.4 Å². The van der Waals surface area contributed by atoms with Gasteiger partial charge < -0.3 is 15.1 Å². The lowest BCUT2D eigenvalue weighted by molar-refractivity contribution is -0.145. The maximum absolute atomic E-state index is 14.1. The number of aromatic nitrogens is 2. The largest absolute Gasteiger partial charge is 0.433 e. The Balaban J connectivity index is 1.26. The molecule has 2 aliphatic rings. The first kappa shape index (κ1) is 29.0. The molecule has 1 amide bonds. The first-order chi connectivity index (χ1) is 19.7. The Morgan fingerprint density at radius 1 is 1.00 bits per heavy atom. The number of hydrogen-bond donors (Lipinski definition) is 1. The molecule has 2 aromatic carbocycles. The maximum Gasteiger partial charge on any atom is 0.433 e. The van der Waals surface area contributed by atoms with Crippen molar-refractivity contribution in [3.05, 3.63) is 89.7 Å². The van der Waals surface area contributed by atoms with Crippen molar-refractivity contribution in [3.8, 4) is 0 Å². The van der Waals surface area contributed by atoms with Crippen molar-refractivity contribution in [1.82, 2.24) is 20.2 Å². The summed E-state index contributed by atoms with van der Waals surface area (Å²) in [5, 5.41) is 3.91. The average molecular weight is 566 g/mol. The van der Waals surface area contributed by atoms with Crippen LogP contribution in [-0.4, -0.2) is 53.0 Å². The van der Waals surface area contributed by atoms with Crippen LogP contribution in [0.4, 0.5) is 19.1 Å². The van der Waals surface area contributed by atoms with Gasteiger partial charge in [0.15, 0.2) is 0 Å². The van der Waals surface area contributed by atoms with Crippen molar-refractivity contribution < 1.29 is 18.0 Å². The fourth-order valence-corrected chi connectivity index (χ4v) is 6.36. The summed E-state index contributed by atoms with van der Waals surface area (Å²) in [6, 6.07) is 22.1. The highest BCUT2D eigenvalue weighted by atomic mass is 19.4. The molecule has 0 radical (unpaired) electrons. The van der Waals surface area contributed by atoms with Gasteiger partial charge in [-0.3, -0.25) is 4.79 Å². The molecule has 1 aliphatic carbocycles. The van der Waals surface area contributed by atoms with E-state index in [9.17, 15) is 18.0 Å². The van der Waals surface area contributed by atoms with Crippen LogP contribution in [0.25, 0.3) is 0 Å². The standard InChI is InChI=1S/C32H38F3N5O/c1-23(2)31(29(41)39-17-19-40(20-18-39)30-36-16-14-28(38-30)32(33,34)35)15-13-26(22-31)37-27(25-11-7-4-8-12-25)21-24-9-5-3-6-10-24/h3-12,14,16,23,26-27,37H,13,15,17-22H2,1-2H3/t26-,27?,31+/m1/s1. The van der Waals surface area contributed by atoms with E-state index in [-0.39, 0.29) is 29.9 Å². The molecular weight excluding hydrogens is 527 g/mol. The van der Waals surface area contributed by atoms with Crippen LogP contribution >= 0.6 is 0 Å². The van der Waals surface area contributed by atoms with Crippen LogP contribution in [0, 0.1) is 11.3 Å². The van der Waals surface area contributed by atoms with Gasteiger partial charge in [-0.2, -0.15) is 13.2 Å². The molecule has 218 valence electrons. The Morgan fingerprint density at radius 3 is 2.29 bits per heavy atom. The number of nitrogens with one attached hydrogen (secondary N) is 1. The number of rotatable bonds is 8. The molecule has 6 nitrogen and oxygen atoms in total. The summed E-state index contributed by atoms with van der Waals surface area (Å²) >= 11 is 0. The molecule has 9 heteroatoms. The van der Waals surface area contributed by atoms with Gasteiger partial charge in [0, 0.05) is 44.5 Å². The van der Waals surface area contributed by atoms with Gasteiger partial charge in [-0.05, 0) is 48.8 Å². The topological polar surface area (TPSA) is 61.4 Å². The van der Waals surface area contributed by atoms with E-state index in [1.54, 1.807) is 4.90 Å². The molecule has 1 saturated heterocycles. The molecule has 3 atom stereocenters. The minimum atomic E-state index is -4.52. The number of hydrogen-bond acceptors (Lipinski definition) is 5. The molecule has 0 spiro atoms. The highest BCUT2D eigenvalue weighted by Gasteiger charge is 2.50. The lowest BCUT2D eigenvalue weighted by Crippen LogP contribution is -2.54. The number of piperazine rings is 1. The Labute approximate surface area is 240 Å². The number of nitrogens with zero attached hydrogens (tertiary/aromatic N) is 4. The maximum atomic E-state index is 14.1. The van der Waals surface area contributed by atoms with Crippen LogP contribution in [0.1, 0.15) is 56.0 Å². The van der Waals surface area contributed by atoms with Gasteiger partial charge in [-0.25, -0.2) is 9.97 Å². The van der Waals surface area contributed by atoms with Crippen molar-refractivity contribution in [3.63, 3.8) is 0 Å². The van der Waals surface area contributed by atoms with Crippen LogP contribution in [0.2, 0.25) is 0 Å². The predicted octanol–water partition coefficient (Wildman–Crippen LogP) is 5.91. The van der Waals surface area contributed by atoms with Gasteiger partial charge in [0.1, 0.15) is 5.69 Å². The van der Waals surface area contributed by atoms with Crippen LogP contribution in [0.15, 0.2) is 72.9 Å². The van der Waals surface area contributed by atoms with Crippen LogP contribution in [0.5, 0.6) is 0 Å². The molecule has 41 heavy (non-hydrogen) atoms. The molecule has 0 bridgehead atoms. The molecule has 2 heterocycles. The van der Waals surface area contributed by atoms with E-state index in [1.807, 2.05) is 17.0 Å². The van der Waals surface area contributed by atoms with Gasteiger partial charge >= 0.3 is 6.18 Å². The second kappa shape index (κ2) is 12.2. The van der Waals surface area contributed by atoms with Gasteiger partial charge in [-0.15, -0.1) is 0 Å². The number of carbonyl (C=O) groups is 1. The lowest BCUT2D eigenvalue weighted by atomic mass is 9.74. The summed E-state index contributed by atoms with van der Waals surface area (Å²) in [6.07, 6.45) is -0.0252. The van der Waals surface area contributed by atoms with Crippen molar-refractivity contribution >= 4 is 11.9 Å². The molecule has 1 saturated carbocycles. The summed E-state index contributed by atoms with van der Waals surface area (Å²) < 4.78 is 39.4. The van der Waals surface area contributed by atoms with E-state index < -0.39 is 17.3 Å². The van der Waals surface area contributed by atoms with Gasteiger partial charge in [0.2, 0.25) is 11.9 Å². The Hall–Kier alpha value is -3.46. The summed E-state index contributed by atoms with van der Waals surface area (Å²) in [5.74, 6) is 0.373. The summed E-state index contributed by atoms with van der Waals surface area (Å²) in [4.78, 5) is 25.5. The Morgan fingerprint density at radius 2 is 1.66 bits per heavy atom. The first-order valence-electron chi connectivity index (χ1n) is 14.5. The van der Waals surface area contributed by atoms with E-state index in [1.165, 1.54) is 11.1 Å². The molecule has 1 unspecified atom stereocenters. The molecule has 5 rings (SSSR count). The highest BCUT2D eigenvalue weighted by molar-refractivity contribution is 5.83. The first-order valence-corrected chi connectivity index (χ1v) is 14.5. The zero-order valence-electron chi connectivity index (χ0n) is 23.6. The molecular formula is C32H38F3N5O. The van der Waals surface area contributed by atoms with Crippen LogP contribution in [0.3, 0.4) is 0 Å². The van der Waals surface area contributed by atoms with Gasteiger partial charge in [0.25, 0.3) is 0 Å². The summed E-state index contributed by atoms with van der Waals surface area (Å²) in [5.41, 5.74) is 1.07. The normalized spacial score (nSPS) is 22.2. The predicted molar refractivity (Wildman–Crippen MR) is 153 cm³/mol. The summed E-state index contributed by atoms with van der Waals surface area (Å²) in [6.45, 7) is 5.93. The van der Waals surface area contributed by atoms with E-state index in [2.05, 4.69) is 77.7 Å². The molecule has 3 aromatic rings. The minimum Gasteiger partial charge on any atom is -0.339 e. The Kier molecular flexibility index (Phi) is 8.63. The molecule has 1 aliphatic heterocycles. The number of carbonyl (C=O) groups excluding carboxylic acids is 1. The Bertz CT molecular complexity index is 1300.